The lowest BCUT2D eigenvalue weighted by Crippen LogP contribution is -2.32. The fraction of sp³-hybridized carbons (Fsp3) is 0.167. The number of benzene rings is 2. The fourth-order valence-corrected chi connectivity index (χ4v) is 2.42. The van der Waals surface area contributed by atoms with Crippen LogP contribution in [0.3, 0.4) is 0 Å². The summed E-state index contributed by atoms with van der Waals surface area (Å²) in [7, 11) is 1.56. The number of fused-ring (bicyclic) bond motifs is 1. The summed E-state index contributed by atoms with van der Waals surface area (Å²) in [4.78, 5) is 27.2. The zero-order valence-electron chi connectivity index (χ0n) is 13.9. The Morgan fingerprint density at radius 1 is 1.16 bits per heavy atom. The first-order valence-corrected chi connectivity index (χ1v) is 7.73. The Kier molecular flexibility index (Phi) is 4.65. The lowest BCUT2D eigenvalue weighted by atomic mass is 10.2. The lowest BCUT2D eigenvalue weighted by Gasteiger charge is -2.09. The van der Waals surface area contributed by atoms with Gasteiger partial charge >= 0.3 is 5.69 Å². The minimum Gasteiger partial charge on any atom is -0.493 e. The van der Waals surface area contributed by atoms with Gasteiger partial charge in [-0.1, -0.05) is 12.1 Å². The number of nitrogens with zero attached hydrogens (tertiary/aromatic N) is 2. The second kappa shape index (κ2) is 7.04. The maximum atomic E-state index is 12.4. The maximum absolute atomic E-state index is 12.4. The summed E-state index contributed by atoms with van der Waals surface area (Å²) >= 11 is 0. The SMILES string of the molecule is CCOc1cc(C=Nn2c(=O)[nH]c3ccccc3c2=O)ccc1OC. The minimum absolute atomic E-state index is 0.393. The summed E-state index contributed by atoms with van der Waals surface area (Å²) in [5, 5.41) is 4.41. The molecule has 1 aromatic heterocycles. The van der Waals surface area contributed by atoms with Gasteiger partial charge in [0, 0.05) is 0 Å². The van der Waals surface area contributed by atoms with Crippen molar-refractivity contribution in [3.63, 3.8) is 0 Å². The Balaban J connectivity index is 2.03. The Bertz CT molecular complexity index is 1050. The first-order chi connectivity index (χ1) is 12.1. The highest BCUT2D eigenvalue weighted by Crippen LogP contribution is 2.27. The summed E-state index contributed by atoms with van der Waals surface area (Å²) < 4.78 is 11.5. The first kappa shape index (κ1) is 16.5. The first-order valence-electron chi connectivity index (χ1n) is 7.73. The van der Waals surface area contributed by atoms with E-state index in [0.717, 1.165) is 4.68 Å². The van der Waals surface area contributed by atoms with Gasteiger partial charge in [0.15, 0.2) is 11.5 Å². The molecule has 25 heavy (non-hydrogen) atoms. The van der Waals surface area contributed by atoms with Crippen LogP contribution in [0, 0.1) is 0 Å². The third-order valence-corrected chi connectivity index (χ3v) is 3.59. The highest BCUT2D eigenvalue weighted by atomic mass is 16.5. The molecule has 1 heterocycles. The molecule has 0 aliphatic heterocycles. The van der Waals surface area contributed by atoms with Crippen molar-refractivity contribution >= 4 is 17.1 Å². The summed E-state index contributed by atoms with van der Waals surface area (Å²) in [5.41, 5.74) is 0.0726. The highest BCUT2D eigenvalue weighted by Gasteiger charge is 2.07. The molecular formula is C18H17N3O4. The van der Waals surface area contributed by atoms with Gasteiger partial charge in [-0.3, -0.25) is 4.79 Å². The standard InChI is InChI=1S/C18H17N3O4/c1-3-25-16-10-12(8-9-15(16)24-2)11-19-21-17(22)13-6-4-5-7-14(13)20-18(21)23/h4-11H,3H2,1-2H3,(H,20,23). The molecule has 0 bridgehead atoms. The van der Waals surface area contributed by atoms with Gasteiger partial charge < -0.3 is 14.5 Å². The molecule has 0 amide bonds. The normalized spacial score (nSPS) is 11.1. The molecule has 0 aliphatic rings. The van der Waals surface area contributed by atoms with Crippen molar-refractivity contribution in [2.24, 2.45) is 5.10 Å². The molecule has 0 atom stereocenters. The van der Waals surface area contributed by atoms with Gasteiger partial charge in [-0.2, -0.15) is 5.10 Å². The topological polar surface area (TPSA) is 85.7 Å². The van der Waals surface area contributed by atoms with Gasteiger partial charge in [0.1, 0.15) is 0 Å². The highest BCUT2D eigenvalue weighted by molar-refractivity contribution is 5.81. The van der Waals surface area contributed by atoms with E-state index in [1.54, 1.807) is 49.6 Å². The van der Waals surface area contributed by atoms with Crippen LogP contribution in [0.5, 0.6) is 11.5 Å². The van der Waals surface area contributed by atoms with Gasteiger partial charge in [0.25, 0.3) is 5.56 Å². The Morgan fingerprint density at radius 2 is 1.96 bits per heavy atom. The monoisotopic (exact) mass is 339 g/mol. The molecule has 2 aromatic carbocycles. The van der Waals surface area contributed by atoms with Gasteiger partial charge in [0.05, 0.1) is 30.8 Å². The fourth-order valence-electron chi connectivity index (χ4n) is 2.42. The van der Waals surface area contributed by atoms with E-state index < -0.39 is 11.2 Å². The van der Waals surface area contributed by atoms with Gasteiger partial charge in [-0.05, 0) is 42.8 Å². The second-order valence-electron chi connectivity index (χ2n) is 5.18. The average molecular weight is 339 g/mol. The van der Waals surface area contributed by atoms with E-state index in [4.69, 9.17) is 9.47 Å². The van der Waals surface area contributed by atoms with Crippen molar-refractivity contribution < 1.29 is 9.47 Å². The zero-order chi connectivity index (χ0) is 17.8. The van der Waals surface area contributed by atoms with Crippen LogP contribution in [-0.2, 0) is 0 Å². The van der Waals surface area contributed by atoms with Crippen LogP contribution in [0.15, 0.2) is 57.2 Å². The van der Waals surface area contributed by atoms with E-state index in [1.165, 1.54) is 6.21 Å². The molecule has 0 saturated heterocycles. The summed E-state index contributed by atoms with van der Waals surface area (Å²) in [6, 6.07) is 12.0. The number of rotatable bonds is 5. The van der Waals surface area contributed by atoms with E-state index in [-0.39, 0.29) is 0 Å². The van der Waals surface area contributed by atoms with E-state index in [2.05, 4.69) is 10.1 Å². The zero-order valence-corrected chi connectivity index (χ0v) is 13.9. The van der Waals surface area contributed by atoms with Crippen molar-refractivity contribution in [3.05, 3.63) is 68.9 Å². The lowest BCUT2D eigenvalue weighted by molar-refractivity contribution is 0.311. The van der Waals surface area contributed by atoms with Crippen LogP contribution in [0.4, 0.5) is 0 Å². The molecule has 0 spiro atoms. The number of hydrogen-bond donors (Lipinski definition) is 1. The molecule has 0 saturated carbocycles. The second-order valence-corrected chi connectivity index (χ2v) is 5.18. The van der Waals surface area contributed by atoms with Gasteiger partial charge in [-0.25, -0.2) is 4.79 Å². The van der Waals surface area contributed by atoms with Crippen molar-refractivity contribution in [2.75, 3.05) is 13.7 Å². The molecule has 0 fully saturated rings. The largest absolute Gasteiger partial charge is 0.493 e. The van der Waals surface area contributed by atoms with Gasteiger partial charge in [0.2, 0.25) is 0 Å². The molecule has 0 radical (unpaired) electrons. The molecule has 1 N–H and O–H groups in total. The number of hydrogen-bond acceptors (Lipinski definition) is 5. The quantitative estimate of drug-likeness (QED) is 0.720. The number of ether oxygens (including phenoxy) is 2. The van der Waals surface area contributed by atoms with Crippen molar-refractivity contribution in [2.45, 2.75) is 6.92 Å². The van der Waals surface area contributed by atoms with Crippen LogP contribution in [-0.4, -0.2) is 29.6 Å². The summed E-state index contributed by atoms with van der Waals surface area (Å²) in [5.74, 6) is 1.16. The smallest absolute Gasteiger partial charge is 0.349 e. The number of aromatic amines is 1. The number of aromatic nitrogens is 2. The summed E-state index contributed by atoms with van der Waals surface area (Å²) in [6.07, 6.45) is 1.42. The molecule has 0 aliphatic carbocycles. The van der Waals surface area contributed by atoms with E-state index in [1.807, 2.05) is 6.92 Å². The molecular weight excluding hydrogens is 322 g/mol. The van der Waals surface area contributed by atoms with Crippen molar-refractivity contribution in [3.8, 4) is 11.5 Å². The maximum Gasteiger partial charge on any atom is 0.349 e. The van der Waals surface area contributed by atoms with E-state index >= 15 is 0 Å². The van der Waals surface area contributed by atoms with Crippen molar-refractivity contribution in [1.29, 1.82) is 0 Å². The average Bonchev–Trinajstić information content (AvgIpc) is 2.62. The van der Waals surface area contributed by atoms with Crippen LogP contribution >= 0.6 is 0 Å². The van der Waals surface area contributed by atoms with E-state index in [0.29, 0.717) is 34.6 Å². The third kappa shape index (κ3) is 3.30. The van der Waals surface area contributed by atoms with E-state index in [9.17, 15) is 9.59 Å². The molecule has 7 heteroatoms. The Hall–Kier alpha value is -3.35. The van der Waals surface area contributed by atoms with Crippen LogP contribution in [0.2, 0.25) is 0 Å². The van der Waals surface area contributed by atoms with Crippen LogP contribution in [0.25, 0.3) is 10.9 Å². The number of H-pyrrole nitrogens is 1. The molecule has 3 aromatic rings. The Morgan fingerprint density at radius 3 is 2.72 bits per heavy atom. The number of nitrogens with one attached hydrogen (secondary N) is 1. The van der Waals surface area contributed by atoms with Gasteiger partial charge in [-0.15, -0.1) is 4.68 Å². The predicted octanol–water partition coefficient (Wildman–Crippen LogP) is 1.98. The van der Waals surface area contributed by atoms with Crippen molar-refractivity contribution in [1.82, 2.24) is 9.66 Å². The Labute approximate surface area is 143 Å². The number of para-hydroxylation sites is 1. The molecule has 128 valence electrons. The van der Waals surface area contributed by atoms with Crippen LogP contribution < -0.4 is 20.7 Å². The predicted molar refractivity (Wildman–Crippen MR) is 96.0 cm³/mol. The molecule has 3 rings (SSSR count). The molecule has 7 nitrogen and oxygen atoms in total. The molecule has 0 unspecified atom stereocenters. The summed E-state index contributed by atoms with van der Waals surface area (Å²) in [6.45, 7) is 2.36. The van der Waals surface area contributed by atoms with Crippen LogP contribution in [0.1, 0.15) is 12.5 Å². The third-order valence-electron chi connectivity index (χ3n) is 3.59. The number of methoxy groups -OCH3 is 1. The minimum atomic E-state index is -0.599.